The van der Waals surface area contributed by atoms with E-state index in [1.807, 2.05) is 67.3 Å². The average molecular weight is 587 g/mol. The van der Waals surface area contributed by atoms with Crippen LogP contribution in [0.4, 0.5) is 0 Å². The summed E-state index contributed by atoms with van der Waals surface area (Å²) in [6.07, 6.45) is 2.89. The number of nitrogens with two attached hydrogens (primary N) is 1. The maximum Gasteiger partial charge on any atom is 0.257 e. The van der Waals surface area contributed by atoms with Gasteiger partial charge in [-0.2, -0.15) is 0 Å². The van der Waals surface area contributed by atoms with Gasteiger partial charge in [0.1, 0.15) is 24.7 Å². The first kappa shape index (κ1) is 31.6. The summed E-state index contributed by atoms with van der Waals surface area (Å²) in [5.41, 5.74) is 9.49. The first-order valence-electron chi connectivity index (χ1n) is 14.9. The van der Waals surface area contributed by atoms with Gasteiger partial charge in [0.15, 0.2) is 0 Å². The van der Waals surface area contributed by atoms with E-state index in [1.54, 1.807) is 18.2 Å². The lowest BCUT2D eigenvalue weighted by Crippen LogP contribution is -2.39. The first-order valence-corrected chi connectivity index (χ1v) is 14.9. The number of likely N-dealkylation sites (tertiary alicyclic amines) is 1. The number of hydrogen-bond acceptors (Lipinski definition) is 8. The molecule has 0 bridgehead atoms. The van der Waals surface area contributed by atoms with Crippen molar-refractivity contribution in [3.05, 3.63) is 94.5 Å². The van der Waals surface area contributed by atoms with E-state index in [0.29, 0.717) is 73.6 Å². The maximum atomic E-state index is 13.6. The van der Waals surface area contributed by atoms with Crippen LogP contribution in [0.2, 0.25) is 0 Å². The van der Waals surface area contributed by atoms with Crippen LogP contribution in [-0.2, 0) is 22.7 Å². The fourth-order valence-corrected chi connectivity index (χ4v) is 5.01. The third-order valence-corrected chi connectivity index (χ3v) is 7.47. The zero-order chi connectivity index (χ0) is 30.6. The number of nitrogens with zero attached hydrogens (tertiary/aromatic N) is 1. The summed E-state index contributed by atoms with van der Waals surface area (Å²) in [5.74, 6) is 1.82. The molecule has 1 amide bonds. The molecule has 0 aliphatic carbocycles. The van der Waals surface area contributed by atoms with Gasteiger partial charge in [-0.1, -0.05) is 24.3 Å². The predicted octanol–water partition coefficient (Wildman–Crippen LogP) is 5.77. The van der Waals surface area contributed by atoms with Crippen molar-refractivity contribution in [2.75, 3.05) is 32.8 Å². The molecule has 228 valence electrons. The van der Waals surface area contributed by atoms with Gasteiger partial charge in [-0.15, -0.1) is 0 Å². The number of carbonyl (C=O) groups is 1. The van der Waals surface area contributed by atoms with Crippen LogP contribution in [0.25, 0.3) is 0 Å². The van der Waals surface area contributed by atoms with E-state index in [4.69, 9.17) is 35.5 Å². The van der Waals surface area contributed by atoms with Gasteiger partial charge in [0.2, 0.25) is 11.8 Å². The van der Waals surface area contributed by atoms with Crippen molar-refractivity contribution >= 4 is 17.7 Å². The summed E-state index contributed by atoms with van der Waals surface area (Å²) in [4.78, 5) is 15.5. The summed E-state index contributed by atoms with van der Waals surface area (Å²) in [5, 5.41) is 15.9. The van der Waals surface area contributed by atoms with E-state index in [-0.39, 0.29) is 24.3 Å². The second-order valence-electron chi connectivity index (χ2n) is 10.5. The maximum absolute atomic E-state index is 13.6. The minimum atomic E-state index is -0.0550. The Kier molecular flexibility index (Phi) is 11.6. The summed E-state index contributed by atoms with van der Waals surface area (Å²) in [6, 6.07) is 20.3. The van der Waals surface area contributed by atoms with Gasteiger partial charge in [0, 0.05) is 30.3 Å². The number of carbonyl (C=O) groups excluding carboxylic acids is 1. The molecule has 0 unspecified atom stereocenters. The third-order valence-electron chi connectivity index (χ3n) is 7.47. The van der Waals surface area contributed by atoms with Crippen molar-refractivity contribution in [3.8, 4) is 11.5 Å². The number of nitrogens with one attached hydrogen (secondary N) is 2. The van der Waals surface area contributed by atoms with Gasteiger partial charge < -0.3 is 29.6 Å². The summed E-state index contributed by atoms with van der Waals surface area (Å²) in [6.45, 7) is 7.22. The lowest BCUT2D eigenvalue weighted by atomic mass is 9.93. The fourth-order valence-electron chi connectivity index (χ4n) is 5.01. The molecule has 1 fully saturated rings. The normalized spacial score (nSPS) is 13.3. The Bertz CT molecular complexity index is 1370. The summed E-state index contributed by atoms with van der Waals surface area (Å²) in [7, 11) is 0. The third kappa shape index (κ3) is 8.81. The molecule has 3 aromatic carbocycles. The van der Waals surface area contributed by atoms with Crippen molar-refractivity contribution in [2.45, 2.75) is 46.3 Å². The van der Waals surface area contributed by atoms with Crippen LogP contribution >= 0.6 is 0 Å². The van der Waals surface area contributed by atoms with Crippen LogP contribution in [0, 0.1) is 16.7 Å². The SMILES string of the molecule is CCOC(=N)c1ccc(COc2ccc(C(=O)N3CCC(CCN)CC3)c(OCc3ccc(C(=N)OCC)cc3)c2)cc1. The van der Waals surface area contributed by atoms with E-state index in [0.717, 1.165) is 30.4 Å². The van der Waals surface area contributed by atoms with E-state index in [1.165, 1.54) is 0 Å². The fraction of sp³-hybridized carbons (Fsp3) is 0.382. The molecule has 9 nitrogen and oxygen atoms in total. The van der Waals surface area contributed by atoms with E-state index < -0.39 is 0 Å². The zero-order valence-electron chi connectivity index (χ0n) is 25.1. The topological polar surface area (TPSA) is 131 Å². The highest BCUT2D eigenvalue weighted by atomic mass is 16.5. The Morgan fingerprint density at radius 1 is 0.814 bits per heavy atom. The highest BCUT2D eigenvalue weighted by molar-refractivity contribution is 5.97. The quantitative estimate of drug-likeness (QED) is 0.172. The standard InChI is InChI=1S/C34H42N4O5/c1-3-40-32(36)27-9-5-25(6-10-27)22-42-29-13-14-30(34(39)38-19-16-24(15-18-35)17-20-38)31(21-29)43-23-26-7-11-28(12-8-26)33(37)41-4-2/h5-14,21,24,36-37H,3-4,15-20,22-23,35H2,1-2H3. The highest BCUT2D eigenvalue weighted by Gasteiger charge is 2.25. The van der Waals surface area contributed by atoms with Gasteiger partial charge in [-0.05, 0) is 93.1 Å². The molecule has 0 spiro atoms. The molecule has 0 atom stereocenters. The van der Waals surface area contributed by atoms with Crippen LogP contribution in [0.3, 0.4) is 0 Å². The Morgan fingerprint density at radius 2 is 1.35 bits per heavy atom. The van der Waals surface area contributed by atoms with Gasteiger partial charge in [-0.25, -0.2) is 0 Å². The number of ether oxygens (including phenoxy) is 4. The van der Waals surface area contributed by atoms with Crippen molar-refractivity contribution in [2.24, 2.45) is 11.7 Å². The Balaban J connectivity index is 1.48. The Hall–Kier alpha value is -4.37. The molecule has 4 rings (SSSR count). The largest absolute Gasteiger partial charge is 0.489 e. The molecule has 0 aromatic heterocycles. The minimum absolute atomic E-state index is 0.0550. The lowest BCUT2D eigenvalue weighted by molar-refractivity contribution is 0.0683. The summed E-state index contributed by atoms with van der Waals surface area (Å²) >= 11 is 0. The van der Waals surface area contributed by atoms with Crippen LogP contribution in [-0.4, -0.2) is 55.5 Å². The predicted molar refractivity (Wildman–Crippen MR) is 167 cm³/mol. The van der Waals surface area contributed by atoms with E-state index in [9.17, 15) is 4.79 Å². The molecule has 4 N–H and O–H groups in total. The van der Waals surface area contributed by atoms with Crippen LogP contribution in [0.1, 0.15) is 65.7 Å². The summed E-state index contributed by atoms with van der Waals surface area (Å²) < 4.78 is 22.9. The van der Waals surface area contributed by atoms with E-state index >= 15 is 0 Å². The minimum Gasteiger partial charge on any atom is -0.489 e. The first-order chi connectivity index (χ1) is 20.9. The smallest absolute Gasteiger partial charge is 0.257 e. The molecule has 3 aromatic rings. The van der Waals surface area contributed by atoms with Gasteiger partial charge >= 0.3 is 0 Å². The molecule has 1 aliphatic heterocycles. The lowest BCUT2D eigenvalue weighted by Gasteiger charge is -2.32. The van der Waals surface area contributed by atoms with Gasteiger partial charge in [-0.3, -0.25) is 15.6 Å². The second kappa shape index (κ2) is 15.7. The molecule has 43 heavy (non-hydrogen) atoms. The van der Waals surface area contributed by atoms with Crippen molar-refractivity contribution in [1.82, 2.24) is 4.90 Å². The zero-order valence-corrected chi connectivity index (χ0v) is 25.1. The number of rotatable bonds is 13. The second-order valence-corrected chi connectivity index (χ2v) is 10.5. The Morgan fingerprint density at radius 3 is 1.86 bits per heavy atom. The molecule has 0 radical (unpaired) electrons. The van der Waals surface area contributed by atoms with Gasteiger partial charge in [0.25, 0.3) is 5.91 Å². The number of benzene rings is 3. The average Bonchev–Trinajstić information content (AvgIpc) is 3.04. The van der Waals surface area contributed by atoms with Crippen LogP contribution in [0.5, 0.6) is 11.5 Å². The molecule has 1 saturated heterocycles. The van der Waals surface area contributed by atoms with E-state index in [2.05, 4.69) is 0 Å². The molecule has 9 heteroatoms. The molecular weight excluding hydrogens is 544 g/mol. The molecule has 1 aliphatic rings. The van der Waals surface area contributed by atoms with Crippen molar-refractivity contribution < 1.29 is 23.7 Å². The highest BCUT2D eigenvalue weighted by Crippen LogP contribution is 2.30. The Labute approximate surface area is 253 Å². The molecule has 0 saturated carbocycles. The monoisotopic (exact) mass is 586 g/mol. The van der Waals surface area contributed by atoms with Gasteiger partial charge in [0.05, 0.1) is 18.8 Å². The number of piperidine rings is 1. The molecule has 1 heterocycles. The van der Waals surface area contributed by atoms with Crippen molar-refractivity contribution in [3.63, 3.8) is 0 Å². The van der Waals surface area contributed by atoms with Crippen LogP contribution in [0.15, 0.2) is 66.7 Å². The van der Waals surface area contributed by atoms with Crippen LogP contribution < -0.4 is 15.2 Å². The number of amides is 1. The van der Waals surface area contributed by atoms with Crippen molar-refractivity contribution in [1.29, 1.82) is 10.8 Å². The molecular formula is C34H42N4O5. The number of hydrogen-bond donors (Lipinski definition) is 3.